The van der Waals surface area contributed by atoms with Crippen LogP contribution in [0.15, 0.2) is 128 Å². The molecule has 5 heteroatoms. The number of hydrogen-bond donors (Lipinski definition) is 0. The molecule has 2 aliphatic rings. The van der Waals surface area contributed by atoms with Gasteiger partial charge < -0.3 is 9.47 Å². The summed E-state index contributed by atoms with van der Waals surface area (Å²) in [5.41, 5.74) is 12.1. The molecule has 0 fully saturated rings. The molecule has 0 unspecified atom stereocenters. The fraction of sp³-hybridized carbons (Fsp3) is 0.136. The lowest BCUT2D eigenvalue weighted by Crippen LogP contribution is -2.58. The van der Waals surface area contributed by atoms with E-state index in [1.165, 1.54) is 27.5 Å². The van der Waals surface area contributed by atoms with Gasteiger partial charge in [0.25, 0.3) is 6.71 Å². The second-order valence-corrected chi connectivity index (χ2v) is 13.8. The highest BCUT2D eigenvalue weighted by Gasteiger charge is 2.43. The number of nitrogens with zero attached hydrogens (tertiary/aromatic N) is 2. The summed E-state index contributed by atoms with van der Waals surface area (Å²) in [6.45, 7) is 8.88. The number of ether oxygens (including phenoxy) is 2. The van der Waals surface area contributed by atoms with Gasteiger partial charge in [0.05, 0.1) is 11.4 Å². The van der Waals surface area contributed by atoms with Gasteiger partial charge >= 0.3 is 0 Å². The third-order valence-corrected chi connectivity index (χ3v) is 10.0. The number of aromatic nitrogens is 2. The fourth-order valence-electron chi connectivity index (χ4n) is 7.58. The van der Waals surface area contributed by atoms with E-state index in [-0.39, 0.29) is 18.5 Å². The number of rotatable bonds is 5. The van der Waals surface area contributed by atoms with Crippen molar-refractivity contribution in [2.75, 3.05) is 0 Å². The molecule has 0 radical (unpaired) electrons. The summed E-state index contributed by atoms with van der Waals surface area (Å²) in [5.74, 6) is 4.14. The molecule has 7 aromatic rings. The van der Waals surface area contributed by atoms with Gasteiger partial charge in [-0.15, -0.1) is 0 Å². The van der Waals surface area contributed by atoms with E-state index in [0.29, 0.717) is 0 Å². The van der Waals surface area contributed by atoms with E-state index in [0.717, 1.165) is 67.5 Å². The highest BCUT2D eigenvalue weighted by Crippen LogP contribution is 2.44. The van der Waals surface area contributed by atoms with Crippen molar-refractivity contribution >= 4 is 33.9 Å². The fourth-order valence-corrected chi connectivity index (χ4v) is 7.58. The maximum atomic E-state index is 6.90. The zero-order valence-corrected chi connectivity index (χ0v) is 28.1. The average Bonchev–Trinajstić information content (AvgIpc) is 3.14. The molecule has 0 bridgehead atoms. The van der Waals surface area contributed by atoms with Crippen LogP contribution in [0.4, 0.5) is 0 Å². The first-order valence-electron chi connectivity index (χ1n) is 17.1. The molecule has 0 aliphatic carbocycles. The van der Waals surface area contributed by atoms with Gasteiger partial charge in [-0.2, -0.15) is 0 Å². The van der Waals surface area contributed by atoms with Gasteiger partial charge in [-0.25, -0.2) is 0 Å². The van der Waals surface area contributed by atoms with Gasteiger partial charge in [-0.05, 0) is 122 Å². The van der Waals surface area contributed by atoms with Crippen LogP contribution in [0.5, 0.6) is 23.0 Å². The normalized spacial score (nSPS) is 12.7. The first kappa shape index (κ1) is 29.5. The third kappa shape index (κ3) is 4.83. The lowest BCUT2D eigenvalue weighted by atomic mass is 9.34. The van der Waals surface area contributed by atoms with Crippen molar-refractivity contribution in [1.82, 2.24) is 9.97 Å². The number of fused-ring (bicyclic) bond motifs is 5. The van der Waals surface area contributed by atoms with Crippen LogP contribution in [0.25, 0.3) is 44.4 Å². The Morgan fingerprint density at radius 1 is 0.531 bits per heavy atom. The van der Waals surface area contributed by atoms with E-state index < -0.39 is 0 Å². The molecule has 4 heterocycles. The Morgan fingerprint density at radius 3 is 1.84 bits per heavy atom. The lowest BCUT2D eigenvalue weighted by molar-refractivity contribution is 0.452. The molecule has 0 spiro atoms. The van der Waals surface area contributed by atoms with Gasteiger partial charge in [0.2, 0.25) is 0 Å². The largest absolute Gasteiger partial charge is 0.458 e. The molecule has 5 aromatic carbocycles. The molecule has 236 valence electrons. The van der Waals surface area contributed by atoms with E-state index >= 15 is 0 Å². The summed E-state index contributed by atoms with van der Waals surface area (Å²) in [6, 6.07) is 40.7. The van der Waals surface area contributed by atoms with Crippen LogP contribution >= 0.6 is 0 Å². The number of benzene rings is 5. The Labute approximate surface area is 287 Å². The van der Waals surface area contributed by atoms with Crippen molar-refractivity contribution < 1.29 is 9.47 Å². The minimum absolute atomic E-state index is 0.0847. The molecular weight excluding hydrogens is 599 g/mol. The van der Waals surface area contributed by atoms with Gasteiger partial charge in [0, 0.05) is 17.9 Å². The van der Waals surface area contributed by atoms with E-state index in [9.17, 15) is 0 Å². The van der Waals surface area contributed by atoms with Crippen LogP contribution in [0, 0.1) is 0 Å². The highest BCUT2D eigenvalue weighted by atomic mass is 16.5. The quantitative estimate of drug-likeness (QED) is 0.177. The Hall–Kier alpha value is -5.68. The van der Waals surface area contributed by atoms with E-state index in [2.05, 4.69) is 136 Å². The topological polar surface area (TPSA) is 44.2 Å². The Morgan fingerprint density at radius 2 is 1.16 bits per heavy atom. The van der Waals surface area contributed by atoms with Gasteiger partial charge in [-0.1, -0.05) is 88.4 Å². The van der Waals surface area contributed by atoms with Crippen LogP contribution in [0.3, 0.4) is 0 Å². The van der Waals surface area contributed by atoms with E-state index in [1.807, 2.05) is 24.5 Å². The standard InChI is InChI=1S/C44H35BN2O2/c1-26(2)34-25-35(27(3)4)44-42-43(34)48-40-17-15-30(38-14-7-8-20-46-38)22-36(40)45(42)37-23-31(16-18-41(37)49-44)39-24-29(19-21-47-39)33-13-9-11-28-10-5-6-12-32(28)33/h5-27H,1-4H3. The molecule has 0 amide bonds. The average molecular weight is 635 g/mol. The summed E-state index contributed by atoms with van der Waals surface area (Å²) >= 11 is 0. The van der Waals surface area contributed by atoms with Crippen molar-refractivity contribution in [2.45, 2.75) is 39.5 Å². The summed E-state index contributed by atoms with van der Waals surface area (Å²) in [5, 5.41) is 2.46. The summed E-state index contributed by atoms with van der Waals surface area (Å²) < 4.78 is 13.8. The maximum Gasteiger partial charge on any atom is 0.260 e. The zero-order chi connectivity index (χ0) is 33.2. The molecule has 2 aromatic heterocycles. The van der Waals surface area contributed by atoms with E-state index in [1.54, 1.807) is 0 Å². The molecular formula is C44H35BN2O2. The predicted molar refractivity (Wildman–Crippen MR) is 202 cm³/mol. The SMILES string of the molecule is CC(C)c1cc(C(C)C)c2c3c1Oc1ccc(-c4ccccn4)cc1B3c1cc(-c3cc(-c4cccc5ccccc45)ccn3)ccc1O2. The molecule has 0 saturated carbocycles. The van der Waals surface area contributed by atoms with Crippen LogP contribution in [-0.2, 0) is 0 Å². The second-order valence-electron chi connectivity index (χ2n) is 13.8. The van der Waals surface area contributed by atoms with Crippen LogP contribution in [-0.4, -0.2) is 16.7 Å². The molecule has 9 rings (SSSR count). The monoisotopic (exact) mass is 634 g/mol. The molecule has 49 heavy (non-hydrogen) atoms. The third-order valence-electron chi connectivity index (χ3n) is 10.0. The zero-order valence-electron chi connectivity index (χ0n) is 28.1. The number of pyridine rings is 2. The minimum atomic E-state index is -0.0847. The van der Waals surface area contributed by atoms with Gasteiger partial charge in [-0.3, -0.25) is 9.97 Å². The Balaban J connectivity index is 1.25. The smallest absolute Gasteiger partial charge is 0.260 e. The van der Waals surface area contributed by atoms with Crippen LogP contribution < -0.4 is 25.9 Å². The van der Waals surface area contributed by atoms with Gasteiger partial charge in [0.1, 0.15) is 23.0 Å². The summed E-state index contributed by atoms with van der Waals surface area (Å²) in [6.07, 6.45) is 3.76. The molecule has 0 atom stereocenters. The Bertz CT molecular complexity index is 2390. The summed E-state index contributed by atoms with van der Waals surface area (Å²) in [7, 11) is 0. The molecule has 0 N–H and O–H groups in total. The van der Waals surface area contributed by atoms with Crippen LogP contribution in [0.2, 0.25) is 0 Å². The summed E-state index contributed by atoms with van der Waals surface area (Å²) in [4.78, 5) is 9.57. The highest BCUT2D eigenvalue weighted by molar-refractivity contribution is 6.98. The van der Waals surface area contributed by atoms with E-state index in [4.69, 9.17) is 14.5 Å². The number of hydrogen-bond acceptors (Lipinski definition) is 4. The molecule has 2 aliphatic heterocycles. The molecule has 4 nitrogen and oxygen atoms in total. The van der Waals surface area contributed by atoms with Crippen molar-refractivity contribution in [3.8, 4) is 56.6 Å². The van der Waals surface area contributed by atoms with Gasteiger partial charge in [0.15, 0.2) is 0 Å². The van der Waals surface area contributed by atoms with Crippen molar-refractivity contribution in [3.05, 3.63) is 139 Å². The lowest BCUT2D eigenvalue weighted by Gasteiger charge is -2.36. The van der Waals surface area contributed by atoms with Crippen molar-refractivity contribution in [2.24, 2.45) is 0 Å². The minimum Gasteiger partial charge on any atom is -0.458 e. The van der Waals surface area contributed by atoms with Crippen LogP contribution in [0.1, 0.15) is 50.7 Å². The maximum absolute atomic E-state index is 6.90. The first-order valence-corrected chi connectivity index (χ1v) is 17.1. The second kappa shape index (κ2) is 11.5. The predicted octanol–water partition coefficient (Wildman–Crippen LogP) is 9.61. The molecule has 0 saturated heterocycles. The van der Waals surface area contributed by atoms with Crippen molar-refractivity contribution in [1.29, 1.82) is 0 Å². The first-order chi connectivity index (χ1) is 23.9. The Kier molecular flexibility index (Phi) is 6.91. The van der Waals surface area contributed by atoms with Crippen molar-refractivity contribution in [3.63, 3.8) is 0 Å².